The first-order valence-electron chi connectivity index (χ1n) is 7.70. The van der Waals surface area contributed by atoms with Gasteiger partial charge in [0.25, 0.3) is 5.91 Å². The molecule has 2 N–H and O–H groups in total. The molecule has 5 nitrogen and oxygen atoms in total. The second-order valence-corrected chi connectivity index (χ2v) is 5.82. The fourth-order valence-electron chi connectivity index (χ4n) is 2.75. The molecule has 1 aliphatic rings. The lowest BCUT2D eigenvalue weighted by atomic mass is 9.97. The summed E-state index contributed by atoms with van der Waals surface area (Å²) in [5.41, 5.74) is 0.830. The molecule has 1 aliphatic heterocycles. The number of likely N-dealkylation sites (tertiary alicyclic amines) is 1. The molecular weight excluding hydrogens is 323 g/mol. The molecule has 0 bridgehead atoms. The van der Waals surface area contributed by atoms with Crippen LogP contribution >= 0.6 is 0 Å². The van der Waals surface area contributed by atoms with Gasteiger partial charge in [0.15, 0.2) is 0 Å². The zero-order valence-corrected chi connectivity index (χ0v) is 13.3. The zero-order valence-electron chi connectivity index (χ0n) is 13.3. The first-order chi connectivity index (χ1) is 11.3. The second-order valence-electron chi connectivity index (χ2n) is 5.82. The molecule has 132 valence electrons. The smallest absolute Gasteiger partial charge is 0.355 e. The Morgan fingerprint density at radius 2 is 2.08 bits per heavy atom. The van der Waals surface area contributed by atoms with Gasteiger partial charge in [0, 0.05) is 24.8 Å². The molecule has 8 heteroatoms. The summed E-state index contributed by atoms with van der Waals surface area (Å²) >= 11 is 0. The molecule has 24 heavy (non-hydrogen) atoms. The lowest BCUT2D eigenvalue weighted by Gasteiger charge is -2.33. The van der Waals surface area contributed by atoms with E-state index in [0.717, 1.165) is 0 Å². The molecule has 2 amide bonds. The number of piperidine rings is 1. The van der Waals surface area contributed by atoms with E-state index in [2.05, 4.69) is 10.6 Å². The molecule has 0 spiro atoms. The Hall–Kier alpha value is -2.09. The second kappa shape index (κ2) is 7.65. The van der Waals surface area contributed by atoms with Gasteiger partial charge >= 0.3 is 6.18 Å². The number of nitrogens with zero attached hydrogens (tertiary/aromatic N) is 1. The number of alkyl halides is 3. The molecule has 1 fully saturated rings. The molecule has 1 atom stereocenters. The Bertz CT molecular complexity index is 604. The Morgan fingerprint density at radius 1 is 1.33 bits per heavy atom. The minimum atomic E-state index is -4.23. The van der Waals surface area contributed by atoms with Gasteiger partial charge in [0.05, 0.1) is 12.5 Å². The van der Waals surface area contributed by atoms with Gasteiger partial charge in [-0.25, -0.2) is 0 Å². The summed E-state index contributed by atoms with van der Waals surface area (Å²) in [6, 6.07) is 6.37. The maximum absolute atomic E-state index is 12.8. The number of hydrogen-bond donors (Lipinski definition) is 2. The Balaban J connectivity index is 1.92. The molecule has 0 unspecified atom stereocenters. The van der Waals surface area contributed by atoms with Crippen LogP contribution in [0.1, 0.15) is 23.2 Å². The number of carbonyl (C=O) groups excluding carboxylic acids is 2. The fourth-order valence-corrected chi connectivity index (χ4v) is 2.75. The summed E-state index contributed by atoms with van der Waals surface area (Å²) in [4.78, 5) is 25.1. The van der Waals surface area contributed by atoms with E-state index < -0.39 is 18.0 Å². The Morgan fingerprint density at radius 3 is 2.75 bits per heavy atom. The summed E-state index contributed by atoms with van der Waals surface area (Å²) in [7, 11) is 1.50. The van der Waals surface area contributed by atoms with E-state index in [-0.39, 0.29) is 25.4 Å². The van der Waals surface area contributed by atoms with Crippen molar-refractivity contribution >= 4 is 17.5 Å². The highest BCUT2D eigenvalue weighted by molar-refractivity contribution is 5.97. The van der Waals surface area contributed by atoms with E-state index in [1.807, 2.05) is 0 Å². The van der Waals surface area contributed by atoms with Gasteiger partial charge in [0.2, 0.25) is 5.91 Å². The van der Waals surface area contributed by atoms with Crippen molar-refractivity contribution in [3.05, 3.63) is 29.8 Å². The third kappa shape index (κ3) is 4.95. The van der Waals surface area contributed by atoms with E-state index in [4.69, 9.17) is 0 Å². The SMILES string of the molecule is CNC(=O)c1cccc(NC(=O)CN2CCC[C@@H](C(F)(F)F)C2)c1. The van der Waals surface area contributed by atoms with Crippen molar-refractivity contribution in [3.8, 4) is 0 Å². The average molecular weight is 343 g/mol. The van der Waals surface area contributed by atoms with E-state index in [1.54, 1.807) is 18.2 Å². The number of rotatable bonds is 4. The van der Waals surface area contributed by atoms with Crippen LogP contribution in [-0.4, -0.2) is 49.6 Å². The molecule has 2 rings (SSSR count). The number of anilines is 1. The molecule has 0 radical (unpaired) electrons. The third-order valence-electron chi connectivity index (χ3n) is 3.97. The highest BCUT2D eigenvalue weighted by Crippen LogP contribution is 2.32. The predicted molar refractivity (Wildman–Crippen MR) is 83.7 cm³/mol. The first-order valence-corrected chi connectivity index (χ1v) is 7.70. The minimum absolute atomic E-state index is 0.100. The predicted octanol–water partition coefficient (Wildman–Crippen LogP) is 2.26. The number of amides is 2. The topological polar surface area (TPSA) is 61.4 Å². The number of hydrogen-bond acceptors (Lipinski definition) is 3. The summed E-state index contributed by atoms with van der Waals surface area (Å²) in [6.07, 6.45) is -3.70. The standard InChI is InChI=1S/C16H20F3N3O2/c1-20-15(24)11-4-2-6-13(8-11)21-14(23)10-22-7-3-5-12(9-22)16(17,18)19/h2,4,6,8,12H,3,5,7,9-10H2,1H3,(H,20,24)(H,21,23)/t12-/m1/s1. The zero-order chi connectivity index (χ0) is 17.7. The molecule has 1 saturated heterocycles. The summed E-state index contributed by atoms with van der Waals surface area (Å²) in [5.74, 6) is -2.06. The van der Waals surface area contributed by atoms with Gasteiger partial charge in [0.1, 0.15) is 0 Å². The molecular formula is C16H20F3N3O2. The molecule has 0 saturated carbocycles. The van der Waals surface area contributed by atoms with E-state index in [9.17, 15) is 22.8 Å². The lowest BCUT2D eigenvalue weighted by Crippen LogP contribution is -2.44. The van der Waals surface area contributed by atoms with Crippen molar-refractivity contribution in [2.75, 3.05) is 32.0 Å². The van der Waals surface area contributed by atoms with Crippen LogP contribution in [0, 0.1) is 5.92 Å². The quantitative estimate of drug-likeness (QED) is 0.882. The van der Waals surface area contributed by atoms with Gasteiger partial charge in [-0.05, 0) is 37.6 Å². The van der Waals surface area contributed by atoms with E-state index in [0.29, 0.717) is 24.2 Å². The van der Waals surface area contributed by atoms with Crippen molar-refractivity contribution in [3.63, 3.8) is 0 Å². The number of halogens is 3. The minimum Gasteiger partial charge on any atom is -0.355 e. The average Bonchev–Trinajstić information content (AvgIpc) is 2.53. The molecule has 0 aliphatic carbocycles. The van der Waals surface area contributed by atoms with Gasteiger partial charge in [-0.1, -0.05) is 6.07 Å². The van der Waals surface area contributed by atoms with Crippen LogP contribution in [0.4, 0.5) is 18.9 Å². The van der Waals surface area contributed by atoms with Crippen molar-refractivity contribution < 1.29 is 22.8 Å². The molecule has 0 aromatic heterocycles. The van der Waals surface area contributed by atoms with Crippen LogP contribution in [0.15, 0.2) is 24.3 Å². The molecule has 1 aromatic rings. The number of benzene rings is 1. The number of nitrogens with one attached hydrogen (secondary N) is 2. The van der Waals surface area contributed by atoms with Crippen molar-refractivity contribution in [1.82, 2.24) is 10.2 Å². The maximum atomic E-state index is 12.8. The van der Waals surface area contributed by atoms with Crippen molar-refractivity contribution in [2.24, 2.45) is 5.92 Å². The number of carbonyl (C=O) groups is 2. The van der Waals surface area contributed by atoms with Crippen LogP contribution < -0.4 is 10.6 Å². The van der Waals surface area contributed by atoms with E-state index in [1.165, 1.54) is 18.0 Å². The highest BCUT2D eigenvalue weighted by Gasteiger charge is 2.41. The summed E-state index contributed by atoms with van der Waals surface area (Å²) in [6.45, 7) is 0.213. The van der Waals surface area contributed by atoms with Crippen LogP contribution in [0.25, 0.3) is 0 Å². The van der Waals surface area contributed by atoms with E-state index >= 15 is 0 Å². The first kappa shape index (κ1) is 18.3. The summed E-state index contributed by atoms with van der Waals surface area (Å²) in [5, 5.41) is 5.10. The largest absolute Gasteiger partial charge is 0.393 e. The Labute approximate surface area is 138 Å². The monoisotopic (exact) mass is 343 g/mol. The normalized spacial score (nSPS) is 18.9. The Kier molecular flexibility index (Phi) is 5.82. The fraction of sp³-hybridized carbons (Fsp3) is 0.500. The van der Waals surface area contributed by atoms with Gasteiger partial charge in [-0.15, -0.1) is 0 Å². The van der Waals surface area contributed by atoms with Crippen LogP contribution in [0.2, 0.25) is 0 Å². The van der Waals surface area contributed by atoms with Crippen molar-refractivity contribution in [2.45, 2.75) is 19.0 Å². The van der Waals surface area contributed by atoms with Crippen LogP contribution in [0.5, 0.6) is 0 Å². The molecule has 1 aromatic carbocycles. The maximum Gasteiger partial charge on any atom is 0.393 e. The lowest BCUT2D eigenvalue weighted by molar-refractivity contribution is -0.186. The van der Waals surface area contributed by atoms with Gasteiger partial charge < -0.3 is 10.6 Å². The third-order valence-corrected chi connectivity index (χ3v) is 3.97. The van der Waals surface area contributed by atoms with Crippen molar-refractivity contribution in [1.29, 1.82) is 0 Å². The van der Waals surface area contributed by atoms with Gasteiger partial charge in [-0.2, -0.15) is 13.2 Å². The van der Waals surface area contributed by atoms with Gasteiger partial charge in [-0.3, -0.25) is 14.5 Å². The van der Waals surface area contributed by atoms with Crippen LogP contribution in [0.3, 0.4) is 0 Å². The molecule has 1 heterocycles. The highest BCUT2D eigenvalue weighted by atomic mass is 19.4. The summed E-state index contributed by atoms with van der Waals surface area (Å²) < 4.78 is 38.4. The van der Waals surface area contributed by atoms with Crippen LogP contribution in [-0.2, 0) is 4.79 Å².